The van der Waals surface area contributed by atoms with Crippen molar-refractivity contribution in [1.29, 1.82) is 0 Å². The molecule has 0 N–H and O–H groups in total. The molecule has 0 amide bonds. The summed E-state index contributed by atoms with van der Waals surface area (Å²) in [5, 5.41) is 12.9. The van der Waals surface area contributed by atoms with Crippen molar-refractivity contribution in [2.45, 2.75) is 12.6 Å². The average Bonchev–Trinajstić information content (AvgIpc) is 3.55. The third-order valence-corrected chi connectivity index (χ3v) is 6.49. The predicted molar refractivity (Wildman–Crippen MR) is 128 cm³/mol. The largest absolute Gasteiger partial charge is 0.454 e. The lowest BCUT2D eigenvalue weighted by atomic mass is 10.0. The summed E-state index contributed by atoms with van der Waals surface area (Å²) in [4.78, 5) is 4.92. The summed E-state index contributed by atoms with van der Waals surface area (Å²) in [6, 6.07) is 27.1. The molecule has 2 aliphatic rings. The molecular formula is C26H26N6O2. The molecule has 1 unspecified atom stereocenters. The van der Waals surface area contributed by atoms with Gasteiger partial charge in [-0.15, -0.1) is 5.10 Å². The smallest absolute Gasteiger partial charge is 0.231 e. The van der Waals surface area contributed by atoms with Crippen LogP contribution in [0.15, 0.2) is 78.9 Å². The van der Waals surface area contributed by atoms with Gasteiger partial charge >= 0.3 is 0 Å². The maximum absolute atomic E-state index is 5.55. The number of nitrogens with zero attached hydrogens (tertiary/aromatic N) is 6. The number of rotatable bonds is 6. The fourth-order valence-corrected chi connectivity index (χ4v) is 4.77. The summed E-state index contributed by atoms with van der Waals surface area (Å²) in [6.07, 6.45) is 0. The molecule has 4 aromatic rings. The van der Waals surface area contributed by atoms with Gasteiger partial charge in [-0.05, 0) is 45.8 Å². The topological polar surface area (TPSA) is 68.5 Å². The molecule has 3 aromatic carbocycles. The van der Waals surface area contributed by atoms with E-state index >= 15 is 0 Å². The van der Waals surface area contributed by atoms with Crippen molar-refractivity contribution < 1.29 is 9.47 Å². The molecule has 34 heavy (non-hydrogen) atoms. The Hall–Kier alpha value is -3.91. The summed E-state index contributed by atoms with van der Waals surface area (Å²) in [7, 11) is 0. The van der Waals surface area contributed by atoms with E-state index in [0.29, 0.717) is 6.54 Å². The monoisotopic (exact) mass is 454 g/mol. The third kappa shape index (κ3) is 4.08. The van der Waals surface area contributed by atoms with Crippen molar-refractivity contribution >= 4 is 5.69 Å². The van der Waals surface area contributed by atoms with E-state index in [1.54, 1.807) is 0 Å². The minimum Gasteiger partial charge on any atom is -0.454 e. The van der Waals surface area contributed by atoms with Crippen LogP contribution in [0, 0.1) is 0 Å². The minimum absolute atomic E-state index is 0.0249. The van der Waals surface area contributed by atoms with E-state index in [1.807, 2.05) is 28.9 Å². The van der Waals surface area contributed by atoms with Crippen LogP contribution in [0.3, 0.4) is 0 Å². The first kappa shape index (κ1) is 20.7. The number of tetrazole rings is 1. The van der Waals surface area contributed by atoms with E-state index in [-0.39, 0.29) is 12.8 Å². The number of anilines is 1. The Morgan fingerprint density at radius 3 is 2.32 bits per heavy atom. The SMILES string of the molecule is c1ccc(C(c2nnnn2Cc2ccc3c(c2)OCO3)N2CCN(c3ccccc3)CC2)cc1. The lowest BCUT2D eigenvalue weighted by Crippen LogP contribution is -2.48. The summed E-state index contributed by atoms with van der Waals surface area (Å²) in [5.41, 5.74) is 3.53. The van der Waals surface area contributed by atoms with Gasteiger partial charge in [0.15, 0.2) is 17.3 Å². The zero-order chi connectivity index (χ0) is 22.7. The number of piperazine rings is 1. The Balaban J connectivity index is 1.27. The van der Waals surface area contributed by atoms with Gasteiger partial charge in [0.05, 0.1) is 12.6 Å². The second-order valence-electron chi connectivity index (χ2n) is 8.55. The van der Waals surface area contributed by atoms with Gasteiger partial charge in [-0.25, -0.2) is 4.68 Å². The highest BCUT2D eigenvalue weighted by atomic mass is 16.7. The Morgan fingerprint density at radius 1 is 0.794 bits per heavy atom. The Morgan fingerprint density at radius 2 is 1.53 bits per heavy atom. The average molecular weight is 455 g/mol. The molecule has 172 valence electrons. The molecule has 0 saturated carbocycles. The number of fused-ring (bicyclic) bond motifs is 1. The molecular weight excluding hydrogens is 428 g/mol. The Labute approximate surface area is 198 Å². The van der Waals surface area contributed by atoms with Crippen LogP contribution in [0.2, 0.25) is 0 Å². The second kappa shape index (κ2) is 9.15. The maximum atomic E-state index is 5.55. The number of hydrogen-bond donors (Lipinski definition) is 0. The van der Waals surface area contributed by atoms with Gasteiger partial charge in [-0.2, -0.15) is 0 Å². The van der Waals surface area contributed by atoms with Crippen LogP contribution in [-0.4, -0.2) is 58.1 Å². The van der Waals surface area contributed by atoms with Gasteiger partial charge in [-0.3, -0.25) is 4.90 Å². The first-order valence-electron chi connectivity index (χ1n) is 11.6. The van der Waals surface area contributed by atoms with Gasteiger partial charge in [0.1, 0.15) is 0 Å². The molecule has 3 heterocycles. The van der Waals surface area contributed by atoms with E-state index in [0.717, 1.165) is 49.1 Å². The zero-order valence-electron chi connectivity index (χ0n) is 18.8. The summed E-state index contributed by atoms with van der Waals surface area (Å²) >= 11 is 0. The molecule has 0 bridgehead atoms. The number of para-hydroxylation sites is 1. The molecule has 1 saturated heterocycles. The molecule has 0 aliphatic carbocycles. The molecule has 0 radical (unpaired) electrons. The minimum atomic E-state index is -0.0249. The van der Waals surface area contributed by atoms with E-state index in [9.17, 15) is 0 Å². The fraction of sp³-hybridized carbons (Fsp3) is 0.269. The van der Waals surface area contributed by atoms with Crippen LogP contribution in [0.1, 0.15) is 23.0 Å². The predicted octanol–water partition coefficient (Wildman–Crippen LogP) is 3.36. The highest BCUT2D eigenvalue weighted by molar-refractivity contribution is 5.47. The van der Waals surface area contributed by atoms with Crippen molar-refractivity contribution in [3.8, 4) is 11.5 Å². The number of ether oxygens (including phenoxy) is 2. The maximum Gasteiger partial charge on any atom is 0.231 e. The van der Waals surface area contributed by atoms with Gasteiger partial charge in [-0.1, -0.05) is 54.6 Å². The fourth-order valence-electron chi connectivity index (χ4n) is 4.77. The van der Waals surface area contributed by atoms with Gasteiger partial charge in [0.25, 0.3) is 0 Å². The second-order valence-corrected chi connectivity index (χ2v) is 8.55. The lowest BCUT2D eigenvalue weighted by molar-refractivity contribution is 0.174. The van der Waals surface area contributed by atoms with Crippen molar-refractivity contribution in [1.82, 2.24) is 25.1 Å². The number of benzene rings is 3. The molecule has 8 nitrogen and oxygen atoms in total. The number of aromatic nitrogens is 4. The first-order valence-corrected chi connectivity index (χ1v) is 11.6. The van der Waals surface area contributed by atoms with Crippen LogP contribution >= 0.6 is 0 Å². The molecule has 1 atom stereocenters. The molecule has 6 rings (SSSR count). The standard InChI is InChI=1S/C26H26N6O2/c1-3-7-21(8-4-1)25(31-15-13-30(14-16-31)22-9-5-2-6-10-22)26-27-28-29-32(26)18-20-11-12-23-24(17-20)34-19-33-23/h1-12,17,25H,13-16,18-19H2. The highest BCUT2D eigenvalue weighted by Crippen LogP contribution is 2.33. The van der Waals surface area contributed by atoms with Crippen molar-refractivity contribution in [3.05, 3.63) is 95.8 Å². The summed E-state index contributed by atoms with van der Waals surface area (Å²) in [5.74, 6) is 2.39. The summed E-state index contributed by atoms with van der Waals surface area (Å²) in [6.45, 7) is 4.58. The van der Waals surface area contributed by atoms with Crippen molar-refractivity contribution in [3.63, 3.8) is 0 Å². The molecule has 2 aliphatic heterocycles. The van der Waals surface area contributed by atoms with Crippen LogP contribution in [0.4, 0.5) is 5.69 Å². The van der Waals surface area contributed by atoms with Gasteiger partial charge < -0.3 is 14.4 Å². The van der Waals surface area contributed by atoms with Crippen LogP contribution < -0.4 is 14.4 Å². The molecule has 1 aromatic heterocycles. The van der Waals surface area contributed by atoms with Gasteiger partial charge in [0.2, 0.25) is 6.79 Å². The number of hydrogen-bond acceptors (Lipinski definition) is 7. The van der Waals surface area contributed by atoms with Crippen LogP contribution in [0.25, 0.3) is 0 Å². The van der Waals surface area contributed by atoms with E-state index < -0.39 is 0 Å². The van der Waals surface area contributed by atoms with E-state index in [1.165, 1.54) is 11.3 Å². The molecule has 0 spiro atoms. The highest BCUT2D eigenvalue weighted by Gasteiger charge is 2.30. The van der Waals surface area contributed by atoms with Crippen molar-refractivity contribution in [2.24, 2.45) is 0 Å². The zero-order valence-corrected chi connectivity index (χ0v) is 18.8. The lowest BCUT2D eigenvalue weighted by Gasteiger charge is -2.39. The first-order chi connectivity index (χ1) is 16.8. The Kier molecular flexibility index (Phi) is 5.56. The Bertz CT molecular complexity index is 1240. The van der Waals surface area contributed by atoms with Gasteiger partial charge in [0, 0.05) is 31.9 Å². The van der Waals surface area contributed by atoms with Crippen LogP contribution in [0.5, 0.6) is 11.5 Å². The third-order valence-electron chi connectivity index (χ3n) is 6.49. The molecule has 8 heteroatoms. The van der Waals surface area contributed by atoms with E-state index in [4.69, 9.17) is 9.47 Å². The molecule has 1 fully saturated rings. The summed E-state index contributed by atoms with van der Waals surface area (Å²) < 4.78 is 12.9. The van der Waals surface area contributed by atoms with E-state index in [2.05, 4.69) is 79.9 Å². The quantitative estimate of drug-likeness (QED) is 0.443. The van der Waals surface area contributed by atoms with Crippen molar-refractivity contribution in [2.75, 3.05) is 37.9 Å². The normalized spacial score (nSPS) is 16.5. The van der Waals surface area contributed by atoms with Crippen LogP contribution in [-0.2, 0) is 6.54 Å².